The zero-order chi connectivity index (χ0) is 15.6. The maximum atomic E-state index is 7.32. The normalized spacial score (nSPS) is 9.45. The molecule has 0 aromatic heterocycles. The first-order chi connectivity index (χ1) is 10.9. The minimum Gasteiger partial charge on any atom is -0.213 e. The van der Waals surface area contributed by atoms with Crippen LogP contribution in [0.15, 0.2) is 91.0 Å². The van der Waals surface area contributed by atoms with E-state index in [9.17, 15) is 0 Å². The molecule has 106 valence electrons. The molecule has 3 aromatic carbocycles. The lowest BCUT2D eigenvalue weighted by molar-refractivity contribution is 1.57. The van der Waals surface area contributed by atoms with Gasteiger partial charge in [0, 0.05) is 0 Å². The highest BCUT2D eigenvalue weighted by Gasteiger charge is 2.14. The average Bonchev–Trinajstić information content (AvgIpc) is 2.59. The van der Waals surface area contributed by atoms with Crippen LogP contribution in [0.1, 0.15) is 0 Å². The SMILES string of the molecule is BC#N.c1ccc(P(c2ccccc2)c2ccccc2)cc1. The van der Waals surface area contributed by atoms with Gasteiger partial charge in [-0.05, 0) is 29.8 Å². The third kappa shape index (κ3) is 4.32. The smallest absolute Gasteiger partial charge is 0.213 e. The molecule has 3 aromatic rings. The third-order valence-corrected chi connectivity index (χ3v) is 5.49. The number of nitriles is 1. The summed E-state index contributed by atoms with van der Waals surface area (Å²) >= 11 is 0. The van der Waals surface area contributed by atoms with Gasteiger partial charge < -0.3 is 0 Å². The number of rotatable bonds is 3. The number of nitrogens with zero attached hydrogens (tertiary/aromatic N) is 1. The first-order valence-corrected chi connectivity index (χ1v) is 8.47. The van der Waals surface area contributed by atoms with Crippen molar-refractivity contribution in [3.63, 3.8) is 0 Å². The van der Waals surface area contributed by atoms with Crippen LogP contribution in [-0.4, -0.2) is 7.85 Å². The summed E-state index contributed by atoms with van der Waals surface area (Å²) in [5.74, 6) is 1.75. The topological polar surface area (TPSA) is 23.8 Å². The van der Waals surface area contributed by atoms with Gasteiger partial charge in [-0.2, -0.15) is 0 Å². The molecule has 0 heterocycles. The minimum atomic E-state index is -0.446. The molecule has 0 atom stereocenters. The summed E-state index contributed by atoms with van der Waals surface area (Å²) in [7, 11) is 0.985. The number of hydrogen-bond donors (Lipinski definition) is 0. The molecule has 1 nitrogen and oxygen atoms in total. The predicted molar refractivity (Wildman–Crippen MR) is 99.3 cm³/mol. The lowest BCUT2D eigenvalue weighted by Crippen LogP contribution is -2.20. The van der Waals surface area contributed by atoms with E-state index in [1.165, 1.54) is 23.8 Å². The molecule has 0 aliphatic carbocycles. The Labute approximate surface area is 134 Å². The maximum Gasteiger partial charge on any atom is 0.232 e. The number of benzene rings is 3. The summed E-state index contributed by atoms with van der Waals surface area (Å²) in [6.45, 7) is 0. The molecule has 0 amide bonds. The molecule has 0 unspecified atom stereocenters. The Kier molecular flexibility index (Phi) is 6.43. The first kappa shape index (κ1) is 16.0. The third-order valence-electron chi connectivity index (χ3n) is 3.04. The fraction of sp³-hybridized carbons (Fsp3) is 0. The van der Waals surface area contributed by atoms with Crippen molar-refractivity contribution >= 4 is 31.7 Å². The van der Waals surface area contributed by atoms with Crippen molar-refractivity contribution < 1.29 is 0 Å². The molecular formula is C19H17BNP. The molecule has 0 radical (unpaired) electrons. The Morgan fingerprint density at radius 1 is 0.591 bits per heavy atom. The van der Waals surface area contributed by atoms with Gasteiger partial charge in [-0.15, -0.1) is 0 Å². The van der Waals surface area contributed by atoms with Crippen LogP contribution in [0.3, 0.4) is 0 Å². The molecule has 0 spiro atoms. The van der Waals surface area contributed by atoms with Crippen molar-refractivity contribution in [1.82, 2.24) is 0 Å². The largest absolute Gasteiger partial charge is 0.232 e. The zero-order valence-corrected chi connectivity index (χ0v) is 13.4. The summed E-state index contributed by atoms with van der Waals surface area (Å²) in [4.78, 5) is 0. The van der Waals surface area contributed by atoms with Crippen molar-refractivity contribution in [3.05, 3.63) is 91.0 Å². The first-order valence-electron chi connectivity index (χ1n) is 7.13. The summed E-state index contributed by atoms with van der Waals surface area (Å²) < 4.78 is 0. The van der Waals surface area contributed by atoms with Gasteiger partial charge >= 0.3 is 0 Å². The van der Waals surface area contributed by atoms with Crippen molar-refractivity contribution in [2.24, 2.45) is 0 Å². The summed E-state index contributed by atoms with van der Waals surface area (Å²) in [5.41, 5.74) is 0. The molecule has 0 bridgehead atoms. The van der Waals surface area contributed by atoms with Crippen molar-refractivity contribution in [2.45, 2.75) is 0 Å². The van der Waals surface area contributed by atoms with Gasteiger partial charge in [0.2, 0.25) is 7.85 Å². The fourth-order valence-electron chi connectivity index (χ4n) is 2.18. The van der Waals surface area contributed by atoms with Crippen LogP contribution in [0.5, 0.6) is 0 Å². The highest BCUT2D eigenvalue weighted by molar-refractivity contribution is 7.79. The molecule has 3 heteroatoms. The Morgan fingerprint density at radius 2 is 0.818 bits per heavy atom. The average molecular weight is 301 g/mol. The summed E-state index contributed by atoms with van der Waals surface area (Å²) in [5, 5.41) is 11.5. The molecule has 0 aliphatic heterocycles. The van der Waals surface area contributed by atoms with Gasteiger partial charge in [0.25, 0.3) is 0 Å². The summed E-state index contributed by atoms with van der Waals surface area (Å²) in [6.07, 6.45) is 0. The van der Waals surface area contributed by atoms with Crippen LogP contribution in [0, 0.1) is 11.2 Å². The van der Waals surface area contributed by atoms with E-state index < -0.39 is 7.92 Å². The lowest BCUT2D eigenvalue weighted by Gasteiger charge is -2.18. The molecule has 0 fully saturated rings. The highest BCUT2D eigenvalue weighted by atomic mass is 31.1. The molecule has 0 saturated carbocycles. The monoisotopic (exact) mass is 301 g/mol. The molecule has 0 saturated heterocycles. The molecule has 3 rings (SSSR count). The van der Waals surface area contributed by atoms with E-state index in [-0.39, 0.29) is 0 Å². The van der Waals surface area contributed by atoms with E-state index in [1.54, 1.807) is 5.97 Å². The van der Waals surface area contributed by atoms with Crippen LogP contribution in [-0.2, 0) is 0 Å². The van der Waals surface area contributed by atoms with E-state index in [4.69, 9.17) is 5.26 Å². The minimum absolute atomic E-state index is 0.446. The quantitative estimate of drug-likeness (QED) is 0.539. The Morgan fingerprint density at radius 3 is 1.05 bits per heavy atom. The van der Waals surface area contributed by atoms with Crippen molar-refractivity contribution in [1.29, 1.82) is 5.26 Å². The van der Waals surface area contributed by atoms with Crippen LogP contribution >= 0.6 is 7.92 Å². The molecule has 0 aliphatic rings. The van der Waals surface area contributed by atoms with E-state index >= 15 is 0 Å². The highest BCUT2D eigenvalue weighted by Crippen LogP contribution is 2.32. The van der Waals surface area contributed by atoms with Gasteiger partial charge in [0.05, 0.1) is 0 Å². The zero-order valence-electron chi connectivity index (χ0n) is 12.6. The lowest BCUT2D eigenvalue weighted by atomic mass is 10.2. The van der Waals surface area contributed by atoms with E-state index in [1.807, 2.05) is 0 Å². The van der Waals surface area contributed by atoms with Crippen molar-refractivity contribution in [2.75, 3.05) is 0 Å². The molecule has 0 N–H and O–H groups in total. The van der Waals surface area contributed by atoms with Crippen LogP contribution in [0.2, 0.25) is 0 Å². The fourth-order valence-corrected chi connectivity index (χ4v) is 4.48. The number of hydrogen-bond acceptors (Lipinski definition) is 1. The Balaban J connectivity index is 0.000000545. The van der Waals surface area contributed by atoms with Gasteiger partial charge in [-0.1, -0.05) is 91.0 Å². The Bertz CT molecular complexity index is 615. The second kappa shape index (κ2) is 8.83. The summed E-state index contributed by atoms with van der Waals surface area (Å²) in [6, 6.07) is 32.3. The van der Waals surface area contributed by atoms with Gasteiger partial charge in [-0.25, -0.2) is 5.26 Å². The van der Waals surface area contributed by atoms with Crippen LogP contribution in [0.4, 0.5) is 0 Å². The van der Waals surface area contributed by atoms with E-state index in [0.717, 1.165) is 0 Å². The van der Waals surface area contributed by atoms with Crippen LogP contribution < -0.4 is 15.9 Å². The van der Waals surface area contributed by atoms with Gasteiger partial charge in [0.1, 0.15) is 0 Å². The van der Waals surface area contributed by atoms with Gasteiger partial charge in [-0.3, -0.25) is 0 Å². The predicted octanol–water partition coefficient (Wildman–Crippen LogP) is 2.55. The molecular weight excluding hydrogens is 284 g/mol. The standard InChI is InChI=1S/C18H15P.CH2BN/c1-4-10-16(11-5-1)19(17-12-6-2-7-13-17)18-14-8-3-9-15-18;2-1-3/h1-15H;2H2. The Hall–Kier alpha value is -2.36. The van der Waals surface area contributed by atoms with Gasteiger partial charge in [0.15, 0.2) is 0 Å². The van der Waals surface area contributed by atoms with Crippen molar-refractivity contribution in [3.8, 4) is 5.97 Å². The maximum absolute atomic E-state index is 7.32. The van der Waals surface area contributed by atoms with E-state index in [0.29, 0.717) is 0 Å². The van der Waals surface area contributed by atoms with Crippen LogP contribution in [0.25, 0.3) is 0 Å². The second-order valence-corrected chi connectivity index (χ2v) is 6.79. The van der Waals surface area contributed by atoms with E-state index in [2.05, 4.69) is 91.0 Å². The second-order valence-electron chi connectivity index (χ2n) is 4.57. The molecule has 22 heavy (non-hydrogen) atoms.